The molecular formula is C21H23N3O. The van der Waals surface area contributed by atoms with E-state index in [0.29, 0.717) is 13.0 Å². The van der Waals surface area contributed by atoms with Gasteiger partial charge in [-0.2, -0.15) is 5.10 Å². The molecule has 2 aromatic carbocycles. The van der Waals surface area contributed by atoms with Gasteiger partial charge in [0, 0.05) is 11.8 Å². The molecule has 0 saturated heterocycles. The Morgan fingerprint density at radius 1 is 1.24 bits per heavy atom. The van der Waals surface area contributed by atoms with E-state index in [1.807, 2.05) is 16.9 Å². The van der Waals surface area contributed by atoms with E-state index in [1.165, 1.54) is 16.7 Å². The summed E-state index contributed by atoms with van der Waals surface area (Å²) in [7, 11) is 0. The van der Waals surface area contributed by atoms with Crippen LogP contribution in [0.4, 0.5) is 0 Å². The summed E-state index contributed by atoms with van der Waals surface area (Å²) in [6.07, 6.45) is 5.60. The maximum Gasteiger partial charge on any atom is 0.222 e. The standard InChI is InChI=1S/C21H23N3O/c1-15-6-4-11-20-18(15)14-22-24(20)13-12-21(25)23-19-10-5-8-16-7-2-3-9-17(16)19/h2-4,6-7,9,11,14,19H,5,8,10,12-13H2,1H3,(H,23,25). The fourth-order valence-electron chi connectivity index (χ4n) is 3.80. The van der Waals surface area contributed by atoms with Crippen LogP contribution in [0.5, 0.6) is 0 Å². The zero-order chi connectivity index (χ0) is 17.2. The molecule has 128 valence electrons. The molecule has 4 rings (SSSR count). The van der Waals surface area contributed by atoms with E-state index in [0.717, 1.165) is 30.2 Å². The van der Waals surface area contributed by atoms with Crippen molar-refractivity contribution < 1.29 is 4.79 Å². The molecule has 25 heavy (non-hydrogen) atoms. The topological polar surface area (TPSA) is 46.9 Å². The Morgan fingerprint density at radius 3 is 3.04 bits per heavy atom. The van der Waals surface area contributed by atoms with Crippen LogP contribution in [0.1, 0.15) is 42.0 Å². The van der Waals surface area contributed by atoms with Crippen LogP contribution in [0, 0.1) is 6.92 Å². The average Bonchev–Trinajstić information content (AvgIpc) is 3.05. The van der Waals surface area contributed by atoms with Crippen LogP contribution in [0.15, 0.2) is 48.7 Å². The molecule has 0 spiro atoms. The van der Waals surface area contributed by atoms with Crippen molar-refractivity contribution in [3.63, 3.8) is 0 Å². The first-order valence-corrected chi connectivity index (χ1v) is 9.00. The van der Waals surface area contributed by atoms with Crippen molar-refractivity contribution >= 4 is 16.8 Å². The summed E-state index contributed by atoms with van der Waals surface area (Å²) in [6, 6.07) is 14.8. The third kappa shape index (κ3) is 3.16. The van der Waals surface area contributed by atoms with Crippen molar-refractivity contribution in [3.8, 4) is 0 Å². The molecule has 0 saturated carbocycles. The Kier molecular flexibility index (Phi) is 4.26. The van der Waals surface area contributed by atoms with Gasteiger partial charge < -0.3 is 5.32 Å². The monoisotopic (exact) mass is 333 g/mol. The van der Waals surface area contributed by atoms with Crippen molar-refractivity contribution in [3.05, 3.63) is 65.4 Å². The van der Waals surface area contributed by atoms with Crippen LogP contribution < -0.4 is 5.32 Å². The lowest BCUT2D eigenvalue weighted by atomic mass is 9.88. The SMILES string of the molecule is Cc1cccc2c1cnn2CCC(=O)NC1CCCc2ccccc21. The van der Waals surface area contributed by atoms with Crippen molar-refractivity contribution in [2.75, 3.05) is 0 Å². The van der Waals surface area contributed by atoms with Crippen molar-refractivity contribution in [1.29, 1.82) is 0 Å². The minimum absolute atomic E-state index is 0.0954. The van der Waals surface area contributed by atoms with E-state index in [2.05, 4.69) is 53.7 Å². The molecule has 1 atom stereocenters. The van der Waals surface area contributed by atoms with Gasteiger partial charge in [0.25, 0.3) is 0 Å². The Hall–Kier alpha value is -2.62. The highest BCUT2D eigenvalue weighted by Crippen LogP contribution is 2.29. The van der Waals surface area contributed by atoms with Gasteiger partial charge in [-0.25, -0.2) is 0 Å². The highest BCUT2D eigenvalue weighted by Gasteiger charge is 2.21. The lowest BCUT2D eigenvalue weighted by molar-refractivity contribution is -0.122. The van der Waals surface area contributed by atoms with Gasteiger partial charge in [0.15, 0.2) is 0 Å². The van der Waals surface area contributed by atoms with Crippen molar-refractivity contribution in [2.45, 2.75) is 45.2 Å². The maximum absolute atomic E-state index is 12.5. The Morgan fingerprint density at radius 2 is 2.12 bits per heavy atom. The second-order valence-electron chi connectivity index (χ2n) is 6.84. The van der Waals surface area contributed by atoms with Crippen LogP contribution >= 0.6 is 0 Å². The van der Waals surface area contributed by atoms with Gasteiger partial charge in [-0.05, 0) is 48.9 Å². The van der Waals surface area contributed by atoms with Crippen LogP contribution in [-0.4, -0.2) is 15.7 Å². The van der Waals surface area contributed by atoms with Gasteiger partial charge in [0.1, 0.15) is 0 Å². The fourth-order valence-corrected chi connectivity index (χ4v) is 3.80. The predicted molar refractivity (Wildman–Crippen MR) is 99.4 cm³/mol. The van der Waals surface area contributed by atoms with Gasteiger partial charge in [-0.15, -0.1) is 0 Å². The zero-order valence-corrected chi connectivity index (χ0v) is 14.5. The number of carbonyl (C=O) groups is 1. The largest absolute Gasteiger partial charge is 0.349 e. The third-order valence-electron chi connectivity index (χ3n) is 5.16. The summed E-state index contributed by atoms with van der Waals surface area (Å²) in [5.41, 5.74) is 4.96. The summed E-state index contributed by atoms with van der Waals surface area (Å²) < 4.78 is 1.93. The number of amides is 1. The first kappa shape index (κ1) is 15.9. The summed E-state index contributed by atoms with van der Waals surface area (Å²) in [6.45, 7) is 2.69. The molecule has 1 amide bonds. The van der Waals surface area contributed by atoms with Gasteiger partial charge >= 0.3 is 0 Å². The molecule has 4 nitrogen and oxygen atoms in total. The van der Waals surface area contributed by atoms with Gasteiger partial charge in [-0.3, -0.25) is 9.48 Å². The van der Waals surface area contributed by atoms with E-state index < -0.39 is 0 Å². The molecule has 0 radical (unpaired) electrons. The highest BCUT2D eigenvalue weighted by molar-refractivity contribution is 5.82. The molecule has 1 aliphatic carbocycles. The number of rotatable bonds is 4. The molecule has 1 aliphatic rings. The number of carbonyl (C=O) groups excluding carboxylic acids is 1. The van der Waals surface area contributed by atoms with Crippen molar-refractivity contribution in [1.82, 2.24) is 15.1 Å². The normalized spacial score (nSPS) is 16.6. The Bertz CT molecular complexity index is 912. The second-order valence-corrected chi connectivity index (χ2v) is 6.84. The number of aryl methyl sites for hydroxylation is 3. The molecule has 0 fully saturated rings. The summed E-state index contributed by atoms with van der Waals surface area (Å²) >= 11 is 0. The number of hydrogen-bond donors (Lipinski definition) is 1. The highest BCUT2D eigenvalue weighted by atomic mass is 16.1. The fraction of sp³-hybridized carbons (Fsp3) is 0.333. The van der Waals surface area contributed by atoms with Crippen LogP contribution in [-0.2, 0) is 17.8 Å². The first-order chi connectivity index (χ1) is 12.2. The molecule has 1 aromatic heterocycles. The molecule has 1 heterocycles. The lowest BCUT2D eigenvalue weighted by Gasteiger charge is -2.26. The third-order valence-corrected chi connectivity index (χ3v) is 5.16. The van der Waals surface area contributed by atoms with E-state index in [4.69, 9.17) is 0 Å². The number of nitrogens with one attached hydrogen (secondary N) is 1. The zero-order valence-electron chi connectivity index (χ0n) is 14.5. The molecule has 0 bridgehead atoms. The van der Waals surface area contributed by atoms with E-state index >= 15 is 0 Å². The van der Waals surface area contributed by atoms with Gasteiger partial charge in [-0.1, -0.05) is 36.4 Å². The van der Waals surface area contributed by atoms with Crippen molar-refractivity contribution in [2.24, 2.45) is 0 Å². The second kappa shape index (κ2) is 6.71. The van der Waals surface area contributed by atoms with Gasteiger partial charge in [0.2, 0.25) is 5.91 Å². The molecule has 1 unspecified atom stereocenters. The molecule has 4 heteroatoms. The first-order valence-electron chi connectivity index (χ1n) is 9.00. The molecular weight excluding hydrogens is 310 g/mol. The number of hydrogen-bond acceptors (Lipinski definition) is 2. The van der Waals surface area contributed by atoms with Crippen LogP contribution in [0.2, 0.25) is 0 Å². The number of fused-ring (bicyclic) bond motifs is 2. The summed E-state index contributed by atoms with van der Waals surface area (Å²) in [5.74, 6) is 0.0954. The summed E-state index contributed by atoms with van der Waals surface area (Å²) in [4.78, 5) is 12.5. The van der Waals surface area contributed by atoms with E-state index in [-0.39, 0.29) is 11.9 Å². The predicted octanol–water partition coefficient (Wildman–Crippen LogP) is 3.93. The smallest absolute Gasteiger partial charge is 0.222 e. The molecule has 0 aliphatic heterocycles. The molecule has 1 N–H and O–H groups in total. The van der Waals surface area contributed by atoms with Crippen LogP contribution in [0.25, 0.3) is 10.9 Å². The Balaban J connectivity index is 1.42. The Labute approximate surface area is 147 Å². The average molecular weight is 333 g/mol. The minimum Gasteiger partial charge on any atom is -0.349 e. The molecule has 3 aromatic rings. The number of benzene rings is 2. The minimum atomic E-state index is 0.0954. The summed E-state index contributed by atoms with van der Waals surface area (Å²) in [5, 5.41) is 8.82. The number of aromatic nitrogens is 2. The maximum atomic E-state index is 12.5. The number of nitrogens with zero attached hydrogens (tertiary/aromatic N) is 2. The van der Waals surface area contributed by atoms with Crippen LogP contribution in [0.3, 0.4) is 0 Å². The van der Waals surface area contributed by atoms with Gasteiger partial charge in [0.05, 0.1) is 24.3 Å². The lowest BCUT2D eigenvalue weighted by Crippen LogP contribution is -2.31. The van der Waals surface area contributed by atoms with E-state index in [1.54, 1.807) is 0 Å². The quantitative estimate of drug-likeness (QED) is 0.786. The van der Waals surface area contributed by atoms with E-state index in [9.17, 15) is 4.79 Å².